The zero-order valence-corrected chi connectivity index (χ0v) is 10.6. The van der Waals surface area contributed by atoms with Gasteiger partial charge >= 0.3 is 0 Å². The standard InChI is InChI=1S/C13H18N2O2/c1-4-9-7-11(17-10-5-6-10)8-12(14-9)13(16)15(2)3/h7-8,10H,4-6H2,1-3H3. The molecule has 0 N–H and O–H groups in total. The molecule has 1 aliphatic carbocycles. The van der Waals surface area contributed by atoms with E-state index in [1.54, 1.807) is 20.2 Å². The summed E-state index contributed by atoms with van der Waals surface area (Å²) in [6.07, 6.45) is 3.36. The third kappa shape index (κ3) is 2.96. The van der Waals surface area contributed by atoms with Gasteiger partial charge in [0.15, 0.2) is 0 Å². The van der Waals surface area contributed by atoms with Crippen LogP contribution in [0.25, 0.3) is 0 Å². The minimum Gasteiger partial charge on any atom is -0.490 e. The highest BCUT2D eigenvalue weighted by Gasteiger charge is 2.24. The summed E-state index contributed by atoms with van der Waals surface area (Å²) < 4.78 is 5.73. The van der Waals surface area contributed by atoms with Crippen LogP contribution in [0.1, 0.15) is 35.9 Å². The van der Waals surface area contributed by atoms with Crippen LogP contribution in [0.5, 0.6) is 5.75 Å². The molecule has 1 fully saturated rings. The van der Waals surface area contributed by atoms with Crippen LogP contribution in [-0.2, 0) is 6.42 Å². The average molecular weight is 234 g/mol. The Bertz CT molecular complexity index is 425. The highest BCUT2D eigenvalue weighted by atomic mass is 16.5. The second-order valence-electron chi connectivity index (χ2n) is 4.55. The molecule has 0 atom stereocenters. The topological polar surface area (TPSA) is 42.4 Å². The molecule has 2 rings (SSSR count). The number of carbonyl (C=O) groups is 1. The van der Waals surface area contributed by atoms with E-state index in [4.69, 9.17) is 4.74 Å². The lowest BCUT2D eigenvalue weighted by Crippen LogP contribution is -2.23. The predicted molar refractivity (Wildman–Crippen MR) is 65.3 cm³/mol. The molecule has 1 aromatic rings. The molecule has 1 aromatic heterocycles. The van der Waals surface area contributed by atoms with Crippen molar-refractivity contribution in [2.24, 2.45) is 0 Å². The summed E-state index contributed by atoms with van der Waals surface area (Å²) in [6.45, 7) is 2.02. The fraction of sp³-hybridized carbons (Fsp3) is 0.538. The number of carbonyl (C=O) groups excluding carboxylic acids is 1. The van der Waals surface area contributed by atoms with E-state index in [1.807, 2.05) is 13.0 Å². The summed E-state index contributed by atoms with van der Waals surface area (Å²) in [4.78, 5) is 17.7. The lowest BCUT2D eigenvalue weighted by molar-refractivity contribution is 0.0821. The van der Waals surface area contributed by atoms with Gasteiger partial charge in [0.2, 0.25) is 0 Å². The van der Waals surface area contributed by atoms with E-state index in [0.717, 1.165) is 30.7 Å². The fourth-order valence-corrected chi connectivity index (χ4v) is 1.53. The largest absolute Gasteiger partial charge is 0.490 e. The Labute approximate surface area is 102 Å². The van der Waals surface area contributed by atoms with Crippen LogP contribution < -0.4 is 4.74 Å². The number of aromatic nitrogens is 1. The Morgan fingerprint density at radius 2 is 2.18 bits per heavy atom. The van der Waals surface area contributed by atoms with Gasteiger partial charge in [0, 0.05) is 31.9 Å². The van der Waals surface area contributed by atoms with Crippen LogP contribution in [-0.4, -0.2) is 36.0 Å². The average Bonchev–Trinajstić information content (AvgIpc) is 3.11. The molecule has 17 heavy (non-hydrogen) atoms. The van der Waals surface area contributed by atoms with Crippen LogP contribution in [0.3, 0.4) is 0 Å². The maximum absolute atomic E-state index is 11.9. The summed E-state index contributed by atoms with van der Waals surface area (Å²) in [7, 11) is 3.45. The highest BCUT2D eigenvalue weighted by Crippen LogP contribution is 2.27. The Morgan fingerprint density at radius 3 is 2.71 bits per heavy atom. The Balaban J connectivity index is 2.26. The minimum absolute atomic E-state index is 0.0825. The van der Waals surface area contributed by atoms with Crippen molar-refractivity contribution < 1.29 is 9.53 Å². The van der Waals surface area contributed by atoms with Crippen molar-refractivity contribution in [3.8, 4) is 5.75 Å². The molecule has 1 heterocycles. The van der Waals surface area contributed by atoms with Crippen LogP contribution in [0, 0.1) is 0 Å². The third-order valence-electron chi connectivity index (χ3n) is 2.67. The van der Waals surface area contributed by atoms with Gasteiger partial charge in [0.25, 0.3) is 5.91 Å². The van der Waals surface area contributed by atoms with Gasteiger partial charge in [-0.3, -0.25) is 4.79 Å². The first-order chi connectivity index (χ1) is 8.10. The van der Waals surface area contributed by atoms with Gasteiger partial charge in [0.05, 0.1) is 6.10 Å². The first-order valence-corrected chi connectivity index (χ1v) is 5.99. The van der Waals surface area contributed by atoms with Crippen LogP contribution >= 0.6 is 0 Å². The number of pyridine rings is 1. The van der Waals surface area contributed by atoms with Crippen molar-refractivity contribution in [3.05, 3.63) is 23.5 Å². The van der Waals surface area contributed by atoms with E-state index in [0.29, 0.717) is 11.8 Å². The van der Waals surface area contributed by atoms with Crippen LogP contribution in [0.2, 0.25) is 0 Å². The monoisotopic (exact) mass is 234 g/mol. The van der Waals surface area contributed by atoms with Crippen molar-refractivity contribution >= 4 is 5.91 Å². The SMILES string of the molecule is CCc1cc(OC2CC2)cc(C(=O)N(C)C)n1. The second kappa shape index (κ2) is 4.73. The normalized spacial score (nSPS) is 14.5. The first-order valence-electron chi connectivity index (χ1n) is 5.99. The summed E-state index contributed by atoms with van der Waals surface area (Å²) >= 11 is 0. The molecule has 0 spiro atoms. The number of hydrogen-bond acceptors (Lipinski definition) is 3. The summed E-state index contributed by atoms with van der Waals surface area (Å²) in [6, 6.07) is 3.66. The smallest absolute Gasteiger partial charge is 0.272 e. The molecule has 0 bridgehead atoms. The van der Waals surface area contributed by atoms with Crippen molar-refractivity contribution in [2.75, 3.05) is 14.1 Å². The number of aryl methyl sites for hydroxylation is 1. The first kappa shape index (κ1) is 11.9. The molecule has 1 amide bonds. The van der Waals surface area contributed by atoms with Crippen molar-refractivity contribution in [2.45, 2.75) is 32.3 Å². The van der Waals surface area contributed by atoms with Gasteiger partial charge in [-0.05, 0) is 19.3 Å². The Morgan fingerprint density at radius 1 is 1.47 bits per heavy atom. The zero-order valence-electron chi connectivity index (χ0n) is 10.6. The number of amides is 1. The van der Waals surface area contributed by atoms with Gasteiger partial charge in [-0.15, -0.1) is 0 Å². The van der Waals surface area contributed by atoms with E-state index in [2.05, 4.69) is 4.98 Å². The fourth-order valence-electron chi connectivity index (χ4n) is 1.53. The van der Waals surface area contributed by atoms with E-state index in [-0.39, 0.29) is 5.91 Å². The Kier molecular flexibility index (Phi) is 3.31. The molecular formula is C13H18N2O2. The molecular weight excluding hydrogens is 216 g/mol. The zero-order chi connectivity index (χ0) is 12.4. The molecule has 4 nitrogen and oxygen atoms in total. The molecule has 0 aromatic carbocycles. The van der Waals surface area contributed by atoms with Crippen molar-refractivity contribution in [1.29, 1.82) is 0 Å². The number of hydrogen-bond donors (Lipinski definition) is 0. The molecule has 0 unspecified atom stereocenters. The van der Waals surface area contributed by atoms with E-state index < -0.39 is 0 Å². The molecule has 1 aliphatic rings. The maximum Gasteiger partial charge on any atom is 0.272 e. The summed E-state index contributed by atoms with van der Waals surface area (Å²) in [5.74, 6) is 0.686. The minimum atomic E-state index is -0.0825. The van der Waals surface area contributed by atoms with E-state index >= 15 is 0 Å². The Hall–Kier alpha value is -1.58. The second-order valence-corrected chi connectivity index (χ2v) is 4.55. The quantitative estimate of drug-likeness (QED) is 0.799. The summed E-state index contributed by atoms with van der Waals surface area (Å²) in [5.41, 5.74) is 1.36. The van der Waals surface area contributed by atoms with Gasteiger partial charge in [-0.2, -0.15) is 0 Å². The lowest BCUT2D eigenvalue weighted by atomic mass is 10.2. The van der Waals surface area contributed by atoms with Gasteiger partial charge < -0.3 is 9.64 Å². The van der Waals surface area contributed by atoms with E-state index in [1.165, 1.54) is 4.90 Å². The van der Waals surface area contributed by atoms with Crippen LogP contribution in [0.4, 0.5) is 0 Å². The van der Waals surface area contributed by atoms with Gasteiger partial charge in [-0.25, -0.2) is 4.98 Å². The number of nitrogens with zero attached hydrogens (tertiary/aromatic N) is 2. The molecule has 0 saturated heterocycles. The van der Waals surface area contributed by atoms with Crippen molar-refractivity contribution in [3.63, 3.8) is 0 Å². The third-order valence-corrected chi connectivity index (χ3v) is 2.67. The van der Waals surface area contributed by atoms with Gasteiger partial charge in [-0.1, -0.05) is 6.92 Å². The van der Waals surface area contributed by atoms with Crippen LogP contribution in [0.15, 0.2) is 12.1 Å². The van der Waals surface area contributed by atoms with Gasteiger partial charge in [0.1, 0.15) is 11.4 Å². The molecule has 0 aliphatic heterocycles. The predicted octanol–water partition coefficient (Wildman–Crippen LogP) is 1.89. The highest BCUT2D eigenvalue weighted by molar-refractivity contribution is 5.92. The molecule has 1 saturated carbocycles. The van der Waals surface area contributed by atoms with Crippen molar-refractivity contribution in [1.82, 2.24) is 9.88 Å². The molecule has 92 valence electrons. The van der Waals surface area contributed by atoms with E-state index in [9.17, 15) is 4.79 Å². The summed E-state index contributed by atoms with van der Waals surface area (Å²) in [5, 5.41) is 0. The number of ether oxygens (including phenoxy) is 1. The lowest BCUT2D eigenvalue weighted by Gasteiger charge is -2.12. The maximum atomic E-state index is 11.9. The molecule has 0 radical (unpaired) electrons. The number of rotatable bonds is 4. The molecule has 4 heteroatoms.